The molecule has 5 aromatic rings. The Hall–Kier alpha value is -2.85. The molecule has 1 saturated heterocycles. The van der Waals surface area contributed by atoms with Gasteiger partial charge in [0.2, 0.25) is 0 Å². The average Bonchev–Trinajstić information content (AvgIpc) is 3.49. The number of nitrogens with zero attached hydrogens (tertiary/aromatic N) is 4. The summed E-state index contributed by atoms with van der Waals surface area (Å²) >= 11 is 3.33. The van der Waals surface area contributed by atoms with E-state index in [1.165, 1.54) is 9.39 Å². The van der Waals surface area contributed by atoms with E-state index in [-0.39, 0.29) is 11.6 Å². The van der Waals surface area contributed by atoms with Gasteiger partial charge in [0.05, 0.1) is 24.6 Å². The standard InChI is InChI=1S/C25H25N5O2S2/c1-15-16(2)34-24-21(15)25(31)30-23(27-24)18-7-4-3-6-17(18)22(28-30)26-14-19(20-8-5-13-33-20)29-9-11-32-12-10-29/h3-8,13,19H,9-12,14H2,1-2H3,(H,26,28)/t19-/m0/s1. The van der Waals surface area contributed by atoms with Gasteiger partial charge in [0.15, 0.2) is 11.5 Å². The molecule has 1 atom stereocenters. The first-order valence-electron chi connectivity index (χ1n) is 11.4. The third kappa shape index (κ3) is 3.60. The Morgan fingerprint density at radius 2 is 1.91 bits per heavy atom. The summed E-state index contributed by atoms with van der Waals surface area (Å²) in [7, 11) is 0. The van der Waals surface area contributed by atoms with Gasteiger partial charge in [0.1, 0.15) is 4.83 Å². The number of benzene rings is 1. The van der Waals surface area contributed by atoms with Gasteiger partial charge in [-0.05, 0) is 30.9 Å². The second-order valence-corrected chi connectivity index (χ2v) is 10.8. The largest absolute Gasteiger partial charge is 0.379 e. The van der Waals surface area contributed by atoms with E-state index >= 15 is 0 Å². The van der Waals surface area contributed by atoms with Crippen molar-refractivity contribution in [1.82, 2.24) is 19.5 Å². The van der Waals surface area contributed by atoms with Gasteiger partial charge in [-0.1, -0.05) is 30.3 Å². The van der Waals surface area contributed by atoms with Crippen LogP contribution in [0.15, 0.2) is 46.6 Å². The SMILES string of the molecule is Cc1sc2nc3c4ccccc4c(NC[C@@H](c4cccs4)N4CCOCC4)nn3c(=O)c2c1C. The maximum absolute atomic E-state index is 13.5. The Balaban J connectivity index is 1.46. The van der Waals surface area contributed by atoms with Crippen molar-refractivity contribution < 1.29 is 4.74 Å². The number of ether oxygens (including phenoxy) is 1. The minimum Gasteiger partial charge on any atom is -0.379 e. The lowest BCUT2D eigenvalue weighted by atomic mass is 10.1. The van der Waals surface area contributed by atoms with Crippen LogP contribution in [0.4, 0.5) is 5.82 Å². The molecule has 5 heterocycles. The summed E-state index contributed by atoms with van der Waals surface area (Å²) in [6.45, 7) is 7.99. The smallest absolute Gasteiger partial charge is 0.283 e. The number of hydrogen-bond donors (Lipinski definition) is 1. The number of hydrogen-bond acceptors (Lipinski definition) is 8. The summed E-state index contributed by atoms with van der Waals surface area (Å²) in [4.78, 5) is 24.0. The van der Waals surface area contributed by atoms with Gasteiger partial charge in [0.25, 0.3) is 5.56 Å². The Labute approximate surface area is 204 Å². The molecule has 0 saturated carbocycles. The number of rotatable bonds is 5. The van der Waals surface area contributed by atoms with Gasteiger partial charge in [-0.25, -0.2) is 4.98 Å². The van der Waals surface area contributed by atoms with Gasteiger partial charge in [0, 0.05) is 40.2 Å². The maximum Gasteiger partial charge on any atom is 0.283 e. The minimum atomic E-state index is -0.112. The van der Waals surface area contributed by atoms with E-state index < -0.39 is 0 Å². The zero-order chi connectivity index (χ0) is 23.2. The molecule has 9 heteroatoms. The highest BCUT2D eigenvalue weighted by molar-refractivity contribution is 7.18. The van der Waals surface area contributed by atoms with E-state index in [9.17, 15) is 4.79 Å². The second kappa shape index (κ2) is 8.74. The van der Waals surface area contributed by atoms with Gasteiger partial charge in [-0.15, -0.1) is 27.8 Å². The lowest BCUT2D eigenvalue weighted by Gasteiger charge is -2.34. The molecule has 0 bridgehead atoms. The van der Waals surface area contributed by atoms with Crippen LogP contribution in [-0.2, 0) is 4.74 Å². The molecule has 0 spiro atoms. The molecule has 1 aromatic carbocycles. The molecule has 1 aliphatic heterocycles. The first-order chi connectivity index (χ1) is 16.6. The molecule has 7 nitrogen and oxygen atoms in total. The van der Waals surface area contributed by atoms with E-state index in [0.29, 0.717) is 23.4 Å². The van der Waals surface area contributed by atoms with E-state index in [0.717, 1.165) is 52.3 Å². The van der Waals surface area contributed by atoms with E-state index in [4.69, 9.17) is 14.8 Å². The third-order valence-electron chi connectivity index (χ3n) is 6.63. The number of aromatic nitrogens is 3. The number of fused-ring (bicyclic) bond motifs is 4. The second-order valence-electron chi connectivity index (χ2n) is 8.57. The monoisotopic (exact) mass is 491 g/mol. The van der Waals surface area contributed by atoms with Crippen molar-refractivity contribution in [3.63, 3.8) is 0 Å². The van der Waals surface area contributed by atoms with Crippen molar-refractivity contribution >= 4 is 55.1 Å². The van der Waals surface area contributed by atoms with Gasteiger partial charge in [-0.2, -0.15) is 4.52 Å². The molecular weight excluding hydrogens is 466 g/mol. The van der Waals surface area contributed by atoms with Crippen molar-refractivity contribution in [1.29, 1.82) is 0 Å². The van der Waals surface area contributed by atoms with Crippen molar-refractivity contribution in [2.45, 2.75) is 19.9 Å². The summed E-state index contributed by atoms with van der Waals surface area (Å²) in [6.07, 6.45) is 0. The summed E-state index contributed by atoms with van der Waals surface area (Å²) in [5, 5.41) is 13.1. The van der Waals surface area contributed by atoms with Crippen molar-refractivity contribution in [3.8, 4) is 0 Å². The van der Waals surface area contributed by atoms with Gasteiger partial charge >= 0.3 is 0 Å². The zero-order valence-electron chi connectivity index (χ0n) is 19.1. The molecule has 1 aliphatic rings. The molecule has 0 aliphatic carbocycles. The summed E-state index contributed by atoms with van der Waals surface area (Å²) in [6, 6.07) is 12.5. The van der Waals surface area contributed by atoms with Crippen LogP contribution in [-0.4, -0.2) is 52.3 Å². The lowest BCUT2D eigenvalue weighted by Crippen LogP contribution is -2.41. The van der Waals surface area contributed by atoms with Crippen molar-refractivity contribution in [3.05, 3.63) is 67.4 Å². The van der Waals surface area contributed by atoms with Crippen molar-refractivity contribution in [2.75, 3.05) is 38.2 Å². The number of aryl methyl sites for hydroxylation is 2. The molecule has 1 fully saturated rings. The minimum absolute atomic E-state index is 0.112. The lowest BCUT2D eigenvalue weighted by molar-refractivity contribution is 0.0194. The van der Waals surface area contributed by atoms with Crippen LogP contribution in [0.25, 0.3) is 26.6 Å². The summed E-state index contributed by atoms with van der Waals surface area (Å²) in [5.74, 6) is 0.700. The number of nitrogens with one attached hydrogen (secondary N) is 1. The highest BCUT2D eigenvalue weighted by atomic mass is 32.1. The highest BCUT2D eigenvalue weighted by Gasteiger charge is 2.24. The summed E-state index contributed by atoms with van der Waals surface area (Å²) in [5.41, 5.74) is 1.47. The molecule has 4 aromatic heterocycles. The molecular formula is C25H25N5O2S2. The van der Waals surface area contributed by atoms with Crippen LogP contribution in [0.3, 0.4) is 0 Å². The third-order valence-corrected chi connectivity index (χ3v) is 8.70. The van der Waals surface area contributed by atoms with Gasteiger partial charge in [-0.3, -0.25) is 9.69 Å². The van der Waals surface area contributed by atoms with E-state index in [1.54, 1.807) is 22.7 Å². The van der Waals surface area contributed by atoms with Crippen LogP contribution in [0, 0.1) is 13.8 Å². The topological polar surface area (TPSA) is 71.8 Å². The van der Waals surface area contributed by atoms with Crippen LogP contribution in [0.1, 0.15) is 21.4 Å². The van der Waals surface area contributed by atoms with E-state index in [1.807, 2.05) is 38.1 Å². The highest BCUT2D eigenvalue weighted by Crippen LogP contribution is 2.31. The Bertz CT molecular complexity index is 1550. The maximum atomic E-state index is 13.5. The fourth-order valence-corrected chi connectivity index (χ4v) is 6.58. The van der Waals surface area contributed by atoms with Crippen LogP contribution >= 0.6 is 22.7 Å². The fraction of sp³-hybridized carbons (Fsp3) is 0.320. The molecule has 0 amide bonds. The molecule has 34 heavy (non-hydrogen) atoms. The quantitative estimate of drug-likeness (QED) is 0.362. The van der Waals surface area contributed by atoms with Gasteiger partial charge < -0.3 is 10.1 Å². The van der Waals surface area contributed by atoms with Crippen molar-refractivity contribution in [2.24, 2.45) is 0 Å². The molecule has 1 N–H and O–H groups in total. The molecule has 0 radical (unpaired) electrons. The van der Waals surface area contributed by atoms with Crippen LogP contribution in [0.2, 0.25) is 0 Å². The Kier molecular flexibility index (Phi) is 5.57. The normalized spacial score (nSPS) is 15.9. The first kappa shape index (κ1) is 21.7. The molecule has 0 unspecified atom stereocenters. The molecule has 6 rings (SSSR count). The predicted octanol–water partition coefficient (Wildman–Crippen LogP) is 4.62. The number of anilines is 1. The Morgan fingerprint density at radius 3 is 2.68 bits per heavy atom. The number of thiophene rings is 2. The average molecular weight is 492 g/mol. The molecule has 174 valence electrons. The van der Waals surface area contributed by atoms with E-state index in [2.05, 4.69) is 27.7 Å². The number of morpholine rings is 1. The predicted molar refractivity (Wildman–Crippen MR) is 140 cm³/mol. The Morgan fingerprint density at radius 1 is 1.12 bits per heavy atom. The summed E-state index contributed by atoms with van der Waals surface area (Å²) < 4.78 is 7.05. The van der Waals surface area contributed by atoms with Crippen LogP contribution in [0.5, 0.6) is 0 Å². The zero-order valence-corrected chi connectivity index (χ0v) is 20.7. The van der Waals surface area contributed by atoms with Crippen LogP contribution < -0.4 is 10.9 Å². The fourth-order valence-electron chi connectivity index (χ4n) is 4.69. The first-order valence-corrected chi connectivity index (χ1v) is 13.1.